The fourth-order valence-electron chi connectivity index (χ4n) is 1.53. The molecule has 0 aliphatic carbocycles. The molecule has 1 unspecified atom stereocenters. The molecule has 2 N–H and O–H groups in total. The van der Waals surface area contributed by atoms with Gasteiger partial charge in [0.05, 0.1) is 0 Å². The van der Waals surface area contributed by atoms with Crippen molar-refractivity contribution in [3.05, 3.63) is 29.3 Å². The Morgan fingerprint density at radius 3 is 2.71 bits per heavy atom. The third-order valence-electron chi connectivity index (χ3n) is 2.35. The fourth-order valence-corrected chi connectivity index (χ4v) is 1.72. The summed E-state index contributed by atoms with van der Waals surface area (Å²) < 4.78 is 0. The lowest BCUT2D eigenvalue weighted by Crippen LogP contribution is -2.38. The maximum atomic E-state index is 5.94. The Labute approximate surface area is 90.7 Å². The van der Waals surface area contributed by atoms with Crippen molar-refractivity contribution in [1.82, 2.24) is 0 Å². The Kier molecular flexibility index (Phi) is 4.23. The van der Waals surface area contributed by atoms with Gasteiger partial charge in [-0.05, 0) is 32.0 Å². The highest BCUT2D eigenvalue weighted by molar-refractivity contribution is 6.30. The second-order valence-electron chi connectivity index (χ2n) is 3.35. The number of nitrogens with two attached hydrogens (primary N) is 1. The van der Waals surface area contributed by atoms with Crippen molar-refractivity contribution in [1.29, 1.82) is 0 Å². The van der Waals surface area contributed by atoms with E-state index in [1.807, 2.05) is 18.2 Å². The molecule has 0 radical (unpaired) electrons. The molecule has 0 fully saturated rings. The van der Waals surface area contributed by atoms with Crippen LogP contribution in [-0.4, -0.2) is 19.1 Å². The molecular formula is C11H17ClN2. The second-order valence-corrected chi connectivity index (χ2v) is 3.79. The minimum Gasteiger partial charge on any atom is -0.368 e. The zero-order valence-corrected chi connectivity index (χ0v) is 9.46. The summed E-state index contributed by atoms with van der Waals surface area (Å²) in [6, 6.07) is 8.22. The van der Waals surface area contributed by atoms with E-state index >= 15 is 0 Å². The Bertz CT molecular complexity index is 288. The van der Waals surface area contributed by atoms with Gasteiger partial charge in [-0.25, -0.2) is 0 Å². The topological polar surface area (TPSA) is 29.3 Å². The van der Waals surface area contributed by atoms with E-state index in [0.717, 1.165) is 17.3 Å². The van der Waals surface area contributed by atoms with Crippen molar-refractivity contribution in [3.63, 3.8) is 0 Å². The summed E-state index contributed by atoms with van der Waals surface area (Å²) >= 11 is 5.94. The molecule has 0 amide bonds. The zero-order chi connectivity index (χ0) is 10.6. The van der Waals surface area contributed by atoms with E-state index in [2.05, 4.69) is 24.8 Å². The number of benzene rings is 1. The van der Waals surface area contributed by atoms with Crippen LogP contribution in [0.4, 0.5) is 5.69 Å². The van der Waals surface area contributed by atoms with E-state index in [-0.39, 0.29) is 0 Å². The summed E-state index contributed by atoms with van der Waals surface area (Å²) in [6.07, 6.45) is 0. The van der Waals surface area contributed by atoms with Crippen molar-refractivity contribution >= 4 is 17.3 Å². The molecule has 0 saturated carbocycles. The molecule has 1 aromatic carbocycles. The molecule has 0 bridgehead atoms. The Morgan fingerprint density at radius 1 is 1.50 bits per heavy atom. The molecule has 2 nitrogen and oxygen atoms in total. The molecule has 0 heterocycles. The number of rotatable bonds is 4. The van der Waals surface area contributed by atoms with E-state index < -0.39 is 0 Å². The number of halogens is 1. The minimum absolute atomic E-state index is 0.346. The second kappa shape index (κ2) is 5.23. The maximum absolute atomic E-state index is 5.94. The van der Waals surface area contributed by atoms with Gasteiger partial charge >= 0.3 is 0 Å². The quantitative estimate of drug-likeness (QED) is 0.831. The van der Waals surface area contributed by atoms with Crippen LogP contribution < -0.4 is 10.6 Å². The normalized spacial score (nSPS) is 12.6. The molecule has 0 spiro atoms. The molecule has 14 heavy (non-hydrogen) atoms. The lowest BCUT2D eigenvalue weighted by Gasteiger charge is -2.29. The average Bonchev–Trinajstić information content (AvgIpc) is 2.19. The van der Waals surface area contributed by atoms with E-state index in [9.17, 15) is 0 Å². The number of hydrogen-bond donors (Lipinski definition) is 1. The highest BCUT2D eigenvalue weighted by Gasteiger charge is 2.10. The first-order valence-electron chi connectivity index (χ1n) is 4.91. The van der Waals surface area contributed by atoms with Crippen LogP contribution in [0.3, 0.4) is 0 Å². The summed E-state index contributed by atoms with van der Waals surface area (Å²) in [5, 5.41) is 0.769. The van der Waals surface area contributed by atoms with Crippen molar-refractivity contribution in [2.75, 3.05) is 18.0 Å². The standard InChI is InChI=1S/C11H17ClN2/c1-3-14(9(2)8-13)11-6-4-5-10(12)7-11/h4-7,9H,3,8,13H2,1-2H3. The van der Waals surface area contributed by atoms with E-state index in [0.29, 0.717) is 12.6 Å². The van der Waals surface area contributed by atoms with Gasteiger partial charge in [0.15, 0.2) is 0 Å². The van der Waals surface area contributed by atoms with Gasteiger partial charge < -0.3 is 10.6 Å². The first-order valence-corrected chi connectivity index (χ1v) is 5.29. The monoisotopic (exact) mass is 212 g/mol. The molecule has 1 aromatic rings. The zero-order valence-electron chi connectivity index (χ0n) is 8.70. The fraction of sp³-hybridized carbons (Fsp3) is 0.455. The van der Waals surface area contributed by atoms with E-state index in [1.165, 1.54) is 0 Å². The minimum atomic E-state index is 0.346. The van der Waals surface area contributed by atoms with Crippen LogP contribution in [-0.2, 0) is 0 Å². The summed E-state index contributed by atoms with van der Waals surface area (Å²) in [4.78, 5) is 2.24. The van der Waals surface area contributed by atoms with Crippen LogP contribution in [0, 0.1) is 0 Å². The highest BCUT2D eigenvalue weighted by atomic mass is 35.5. The highest BCUT2D eigenvalue weighted by Crippen LogP contribution is 2.20. The van der Waals surface area contributed by atoms with E-state index in [1.54, 1.807) is 0 Å². The average molecular weight is 213 g/mol. The van der Waals surface area contributed by atoms with Gasteiger partial charge in [0, 0.05) is 29.8 Å². The van der Waals surface area contributed by atoms with Gasteiger partial charge in [-0.1, -0.05) is 17.7 Å². The predicted molar refractivity (Wildman–Crippen MR) is 63.0 cm³/mol. The number of likely N-dealkylation sites (N-methyl/N-ethyl adjacent to an activating group) is 1. The first-order chi connectivity index (χ1) is 6.69. The van der Waals surface area contributed by atoms with Gasteiger partial charge in [0.1, 0.15) is 0 Å². The summed E-state index contributed by atoms with van der Waals surface area (Å²) in [6.45, 7) is 5.83. The smallest absolute Gasteiger partial charge is 0.0426 e. The lowest BCUT2D eigenvalue weighted by molar-refractivity contribution is 0.657. The summed E-state index contributed by atoms with van der Waals surface area (Å²) in [5.41, 5.74) is 6.79. The third kappa shape index (κ3) is 2.63. The van der Waals surface area contributed by atoms with Crippen LogP contribution in [0.2, 0.25) is 5.02 Å². The van der Waals surface area contributed by atoms with Gasteiger partial charge in [-0.2, -0.15) is 0 Å². The van der Waals surface area contributed by atoms with Crippen molar-refractivity contribution in [2.24, 2.45) is 5.73 Å². The van der Waals surface area contributed by atoms with Gasteiger partial charge in [-0.15, -0.1) is 0 Å². The number of nitrogens with zero attached hydrogens (tertiary/aromatic N) is 1. The Morgan fingerprint density at radius 2 is 2.21 bits per heavy atom. The largest absolute Gasteiger partial charge is 0.368 e. The molecule has 78 valence electrons. The van der Waals surface area contributed by atoms with Crippen LogP contribution in [0.1, 0.15) is 13.8 Å². The molecule has 0 aliphatic heterocycles. The Hall–Kier alpha value is -0.730. The number of anilines is 1. The molecule has 1 atom stereocenters. The van der Waals surface area contributed by atoms with Crippen molar-refractivity contribution < 1.29 is 0 Å². The molecule has 0 aliphatic rings. The maximum Gasteiger partial charge on any atom is 0.0426 e. The van der Waals surface area contributed by atoms with E-state index in [4.69, 9.17) is 17.3 Å². The van der Waals surface area contributed by atoms with Crippen LogP contribution in [0.25, 0.3) is 0 Å². The molecule has 0 saturated heterocycles. The molecule has 3 heteroatoms. The van der Waals surface area contributed by atoms with Crippen LogP contribution in [0.5, 0.6) is 0 Å². The molecule has 0 aromatic heterocycles. The third-order valence-corrected chi connectivity index (χ3v) is 2.59. The number of hydrogen-bond acceptors (Lipinski definition) is 2. The summed E-state index contributed by atoms with van der Waals surface area (Å²) in [7, 11) is 0. The summed E-state index contributed by atoms with van der Waals surface area (Å²) in [5.74, 6) is 0. The van der Waals surface area contributed by atoms with Crippen LogP contribution in [0.15, 0.2) is 24.3 Å². The molecule has 1 rings (SSSR count). The van der Waals surface area contributed by atoms with Gasteiger partial charge in [0.2, 0.25) is 0 Å². The lowest BCUT2D eigenvalue weighted by atomic mass is 10.2. The van der Waals surface area contributed by atoms with Crippen LogP contribution >= 0.6 is 11.6 Å². The SMILES string of the molecule is CCN(c1cccc(Cl)c1)C(C)CN. The Balaban J connectivity index is 2.89. The predicted octanol–water partition coefficient (Wildman–Crippen LogP) is 2.51. The van der Waals surface area contributed by atoms with Crippen molar-refractivity contribution in [3.8, 4) is 0 Å². The molecular weight excluding hydrogens is 196 g/mol. The first kappa shape index (κ1) is 11.3. The van der Waals surface area contributed by atoms with Crippen molar-refractivity contribution in [2.45, 2.75) is 19.9 Å². The van der Waals surface area contributed by atoms with Gasteiger partial charge in [-0.3, -0.25) is 0 Å². The van der Waals surface area contributed by atoms with Gasteiger partial charge in [0.25, 0.3) is 0 Å².